The molecule has 1 atom stereocenters. The summed E-state index contributed by atoms with van der Waals surface area (Å²) in [6, 6.07) is 5.23. The average molecular weight is 279 g/mol. The Kier molecular flexibility index (Phi) is 4.98. The minimum absolute atomic E-state index is 0. The number of hydrogen-bond acceptors (Lipinski definition) is 5. The van der Waals surface area contributed by atoms with Gasteiger partial charge >= 0.3 is 0 Å². The Morgan fingerprint density at radius 3 is 2.68 bits per heavy atom. The highest BCUT2D eigenvalue weighted by atomic mass is 35.5. The van der Waals surface area contributed by atoms with Crippen molar-refractivity contribution in [3.05, 3.63) is 35.5 Å². The lowest BCUT2D eigenvalue weighted by Crippen LogP contribution is -2.14. The maximum Gasteiger partial charge on any atom is 0.155 e. The van der Waals surface area contributed by atoms with Gasteiger partial charge in [-0.05, 0) is 19.1 Å². The van der Waals surface area contributed by atoms with Crippen molar-refractivity contribution in [3.63, 3.8) is 0 Å². The second-order valence-corrected chi connectivity index (χ2v) is 3.96. The highest BCUT2D eigenvalue weighted by Gasteiger charge is 2.14. The molecule has 0 radical (unpaired) electrons. The Morgan fingerprint density at radius 2 is 2.21 bits per heavy atom. The number of aryl methyl sites for hydroxylation is 1. The van der Waals surface area contributed by atoms with Gasteiger partial charge in [-0.3, -0.25) is 0 Å². The molecule has 7 heteroatoms. The van der Waals surface area contributed by atoms with Gasteiger partial charge in [0.05, 0.1) is 11.6 Å². The molecule has 0 saturated heterocycles. The van der Waals surface area contributed by atoms with Crippen LogP contribution in [0.25, 0.3) is 5.82 Å². The molecule has 0 fully saturated rings. The van der Waals surface area contributed by atoms with Crippen molar-refractivity contribution in [2.24, 2.45) is 5.73 Å². The van der Waals surface area contributed by atoms with Crippen molar-refractivity contribution in [3.8, 4) is 11.9 Å². The number of nitrogens with two attached hydrogens (primary N) is 1. The Bertz CT molecular complexity index is 581. The number of nitrogens with zero attached hydrogens (tertiary/aromatic N) is 5. The first-order valence-electron chi connectivity index (χ1n) is 5.73. The molecule has 0 spiro atoms. The topological polar surface area (TPSA) is 93.4 Å². The molecule has 2 rings (SSSR count). The fraction of sp³-hybridized carbons (Fsp3) is 0.333. The normalized spacial score (nSPS) is 11.5. The highest BCUT2D eigenvalue weighted by molar-refractivity contribution is 5.85. The van der Waals surface area contributed by atoms with E-state index in [-0.39, 0.29) is 18.4 Å². The summed E-state index contributed by atoms with van der Waals surface area (Å²) in [5.74, 6) is 2.02. The van der Waals surface area contributed by atoms with Crippen LogP contribution in [-0.4, -0.2) is 19.7 Å². The van der Waals surface area contributed by atoms with Gasteiger partial charge < -0.3 is 5.73 Å². The Morgan fingerprint density at radius 1 is 1.47 bits per heavy atom. The molecule has 2 N–H and O–H groups in total. The van der Waals surface area contributed by atoms with Crippen LogP contribution in [0.1, 0.15) is 37.1 Å². The lowest BCUT2D eigenvalue weighted by molar-refractivity contribution is 0.680. The molecule has 6 nitrogen and oxygen atoms in total. The van der Waals surface area contributed by atoms with E-state index in [1.807, 2.05) is 19.9 Å². The number of pyridine rings is 1. The molecule has 2 aromatic heterocycles. The zero-order chi connectivity index (χ0) is 13.1. The van der Waals surface area contributed by atoms with E-state index in [1.54, 1.807) is 16.8 Å². The van der Waals surface area contributed by atoms with E-state index in [0.717, 1.165) is 12.2 Å². The molecule has 0 saturated carbocycles. The number of rotatable bonds is 3. The molecular weight excluding hydrogens is 264 g/mol. The van der Waals surface area contributed by atoms with E-state index < -0.39 is 0 Å². The molecule has 0 bridgehead atoms. The van der Waals surface area contributed by atoms with Crippen LogP contribution >= 0.6 is 12.4 Å². The van der Waals surface area contributed by atoms with Gasteiger partial charge in [-0.15, -0.1) is 17.5 Å². The molecule has 0 aliphatic carbocycles. The van der Waals surface area contributed by atoms with Crippen molar-refractivity contribution in [1.82, 2.24) is 19.7 Å². The van der Waals surface area contributed by atoms with E-state index in [4.69, 9.17) is 11.0 Å². The Hall–Kier alpha value is -1.97. The summed E-state index contributed by atoms with van der Waals surface area (Å²) in [6.45, 7) is 3.83. The molecule has 0 aliphatic heterocycles. The van der Waals surface area contributed by atoms with E-state index >= 15 is 0 Å². The van der Waals surface area contributed by atoms with Crippen molar-refractivity contribution >= 4 is 12.4 Å². The fourth-order valence-corrected chi connectivity index (χ4v) is 1.56. The second-order valence-electron chi connectivity index (χ2n) is 3.96. The summed E-state index contributed by atoms with van der Waals surface area (Å²) < 4.78 is 1.63. The van der Waals surface area contributed by atoms with Crippen molar-refractivity contribution in [2.45, 2.75) is 26.3 Å². The Labute approximate surface area is 117 Å². The van der Waals surface area contributed by atoms with Gasteiger partial charge in [0.25, 0.3) is 0 Å². The van der Waals surface area contributed by atoms with Crippen LogP contribution in [0.3, 0.4) is 0 Å². The summed E-state index contributed by atoms with van der Waals surface area (Å²) >= 11 is 0. The molecule has 2 heterocycles. The summed E-state index contributed by atoms with van der Waals surface area (Å²) in [4.78, 5) is 8.56. The molecule has 100 valence electrons. The minimum atomic E-state index is -0.227. The average Bonchev–Trinajstić information content (AvgIpc) is 2.83. The molecule has 0 aliphatic rings. The van der Waals surface area contributed by atoms with Crippen molar-refractivity contribution in [2.75, 3.05) is 0 Å². The molecule has 0 unspecified atom stereocenters. The van der Waals surface area contributed by atoms with Gasteiger partial charge in [-0.1, -0.05) is 6.92 Å². The molecular formula is C12H15ClN6. The zero-order valence-electron chi connectivity index (χ0n) is 10.7. The number of aromatic nitrogens is 4. The lowest BCUT2D eigenvalue weighted by Gasteiger charge is -2.06. The van der Waals surface area contributed by atoms with Crippen LogP contribution in [0.5, 0.6) is 0 Å². The van der Waals surface area contributed by atoms with Gasteiger partial charge in [-0.25, -0.2) is 9.97 Å². The monoisotopic (exact) mass is 278 g/mol. The van der Waals surface area contributed by atoms with Crippen LogP contribution in [0, 0.1) is 11.3 Å². The third-order valence-electron chi connectivity index (χ3n) is 2.49. The predicted octanol–water partition coefficient (Wildman–Crippen LogP) is 1.54. The molecule has 0 aromatic carbocycles. The van der Waals surface area contributed by atoms with Gasteiger partial charge in [-0.2, -0.15) is 9.94 Å². The first kappa shape index (κ1) is 15.1. The van der Waals surface area contributed by atoms with Crippen molar-refractivity contribution in [1.29, 1.82) is 5.26 Å². The third-order valence-corrected chi connectivity index (χ3v) is 2.49. The van der Waals surface area contributed by atoms with Crippen LogP contribution in [0.4, 0.5) is 0 Å². The van der Waals surface area contributed by atoms with Gasteiger partial charge in [0, 0.05) is 12.6 Å². The summed E-state index contributed by atoms with van der Waals surface area (Å²) in [6.07, 6.45) is 2.25. The SMILES string of the molecule is CCc1nc([C@@H](C)N)n(-c2ccc(C#N)cn2)n1.Cl. The van der Waals surface area contributed by atoms with Gasteiger partial charge in [0.1, 0.15) is 6.07 Å². The van der Waals surface area contributed by atoms with Crippen molar-refractivity contribution < 1.29 is 0 Å². The first-order chi connectivity index (χ1) is 8.65. The standard InChI is InChI=1S/C12H14N6.ClH/c1-3-10-16-12(8(2)14)18(17-10)11-5-4-9(6-13)7-15-11;/h4-5,7-8H,3,14H2,1-2H3;1H/t8-;/m1./s1. The molecule has 19 heavy (non-hydrogen) atoms. The maximum atomic E-state index is 8.74. The summed E-state index contributed by atoms with van der Waals surface area (Å²) in [5.41, 5.74) is 6.38. The van der Waals surface area contributed by atoms with Crippen LogP contribution in [-0.2, 0) is 6.42 Å². The number of nitriles is 1. The maximum absolute atomic E-state index is 8.74. The Balaban J connectivity index is 0.00000180. The second kappa shape index (κ2) is 6.27. The lowest BCUT2D eigenvalue weighted by atomic mass is 10.3. The zero-order valence-corrected chi connectivity index (χ0v) is 11.6. The quantitative estimate of drug-likeness (QED) is 0.919. The van der Waals surface area contributed by atoms with Crippen LogP contribution in [0.15, 0.2) is 18.3 Å². The number of hydrogen-bond donors (Lipinski definition) is 1. The minimum Gasteiger partial charge on any atom is -0.322 e. The fourth-order valence-electron chi connectivity index (χ4n) is 1.56. The summed E-state index contributed by atoms with van der Waals surface area (Å²) in [5, 5.41) is 13.1. The summed E-state index contributed by atoms with van der Waals surface area (Å²) in [7, 11) is 0. The molecule has 2 aromatic rings. The van der Waals surface area contributed by atoms with Crippen LogP contribution < -0.4 is 5.73 Å². The van der Waals surface area contributed by atoms with Gasteiger partial charge in [0.15, 0.2) is 17.5 Å². The van der Waals surface area contributed by atoms with E-state index in [2.05, 4.69) is 15.1 Å². The first-order valence-corrected chi connectivity index (χ1v) is 5.73. The van der Waals surface area contributed by atoms with Gasteiger partial charge in [0.2, 0.25) is 0 Å². The van der Waals surface area contributed by atoms with E-state index in [9.17, 15) is 0 Å². The smallest absolute Gasteiger partial charge is 0.155 e. The highest BCUT2D eigenvalue weighted by Crippen LogP contribution is 2.13. The third kappa shape index (κ3) is 3.08. The van der Waals surface area contributed by atoms with E-state index in [1.165, 1.54) is 6.20 Å². The number of halogens is 1. The largest absolute Gasteiger partial charge is 0.322 e. The molecule has 0 amide bonds. The van der Waals surface area contributed by atoms with E-state index in [0.29, 0.717) is 17.2 Å². The predicted molar refractivity (Wildman–Crippen MR) is 73.1 cm³/mol. The van der Waals surface area contributed by atoms with Crippen LogP contribution in [0.2, 0.25) is 0 Å².